The summed E-state index contributed by atoms with van der Waals surface area (Å²) in [5.74, 6) is 0.761. The molecule has 5 heteroatoms. The van der Waals surface area contributed by atoms with Gasteiger partial charge in [0.1, 0.15) is 10.7 Å². The van der Waals surface area contributed by atoms with E-state index in [1.807, 2.05) is 45.0 Å². The Kier molecular flexibility index (Phi) is 3.71. The summed E-state index contributed by atoms with van der Waals surface area (Å²) in [5.41, 5.74) is 2.20. The second-order valence-electron chi connectivity index (χ2n) is 5.14. The fourth-order valence-electron chi connectivity index (χ4n) is 2.39. The van der Waals surface area contributed by atoms with Gasteiger partial charge in [-0.3, -0.25) is 9.36 Å². The first-order valence-electron chi connectivity index (χ1n) is 6.69. The molecule has 0 spiro atoms. The maximum absolute atomic E-state index is 12.8. The zero-order chi connectivity index (χ0) is 15.1. The SMILES string of the molecule is Cc1sc2nc(C)n(Cc3ccc(Br)cc3)c(=O)c2c1C. The molecule has 3 rings (SSSR count). The lowest BCUT2D eigenvalue weighted by molar-refractivity contribution is 0.713. The van der Waals surface area contributed by atoms with E-state index in [1.54, 1.807) is 15.9 Å². The van der Waals surface area contributed by atoms with Crippen molar-refractivity contribution in [3.05, 3.63) is 60.9 Å². The number of halogens is 1. The second-order valence-corrected chi connectivity index (χ2v) is 7.26. The van der Waals surface area contributed by atoms with Gasteiger partial charge >= 0.3 is 0 Å². The molecule has 0 amide bonds. The molecule has 0 saturated heterocycles. The summed E-state index contributed by atoms with van der Waals surface area (Å²) in [6.07, 6.45) is 0. The molecule has 21 heavy (non-hydrogen) atoms. The predicted molar refractivity (Wildman–Crippen MR) is 91.3 cm³/mol. The molecule has 0 aliphatic heterocycles. The lowest BCUT2D eigenvalue weighted by atomic mass is 10.2. The van der Waals surface area contributed by atoms with E-state index < -0.39 is 0 Å². The second kappa shape index (κ2) is 5.39. The summed E-state index contributed by atoms with van der Waals surface area (Å²) < 4.78 is 2.79. The molecule has 3 nitrogen and oxygen atoms in total. The number of hydrogen-bond acceptors (Lipinski definition) is 3. The maximum Gasteiger partial charge on any atom is 0.262 e. The molecule has 0 unspecified atom stereocenters. The first kappa shape index (κ1) is 14.5. The zero-order valence-corrected chi connectivity index (χ0v) is 14.5. The molecule has 0 fully saturated rings. The van der Waals surface area contributed by atoms with E-state index in [0.717, 1.165) is 36.5 Å². The first-order chi connectivity index (χ1) is 9.97. The first-order valence-corrected chi connectivity index (χ1v) is 8.30. The van der Waals surface area contributed by atoms with Gasteiger partial charge < -0.3 is 0 Å². The summed E-state index contributed by atoms with van der Waals surface area (Å²) in [6, 6.07) is 8.01. The van der Waals surface area contributed by atoms with Crippen LogP contribution in [0.15, 0.2) is 33.5 Å². The molecular weight excluding hydrogens is 348 g/mol. The lowest BCUT2D eigenvalue weighted by Gasteiger charge is -2.10. The Morgan fingerprint density at radius 3 is 2.52 bits per heavy atom. The third-order valence-corrected chi connectivity index (χ3v) is 5.36. The standard InChI is InChI=1S/C16H15BrN2OS/c1-9-10(2)21-15-14(9)16(20)19(11(3)18-15)8-12-4-6-13(17)7-5-12/h4-7H,8H2,1-3H3. The Balaban J connectivity index is 2.16. The largest absolute Gasteiger partial charge is 0.292 e. The molecule has 0 aliphatic carbocycles. The van der Waals surface area contributed by atoms with Crippen LogP contribution in [0.1, 0.15) is 21.8 Å². The molecule has 0 bridgehead atoms. The summed E-state index contributed by atoms with van der Waals surface area (Å²) in [4.78, 5) is 19.4. The Hall–Kier alpha value is -1.46. The average Bonchev–Trinajstić information content (AvgIpc) is 2.72. The highest BCUT2D eigenvalue weighted by Crippen LogP contribution is 2.26. The van der Waals surface area contributed by atoms with Gasteiger partial charge in [-0.1, -0.05) is 28.1 Å². The van der Waals surface area contributed by atoms with Crippen molar-refractivity contribution >= 4 is 37.5 Å². The van der Waals surface area contributed by atoms with Gasteiger partial charge in [0.05, 0.1) is 11.9 Å². The van der Waals surface area contributed by atoms with Crippen molar-refractivity contribution in [3.63, 3.8) is 0 Å². The zero-order valence-electron chi connectivity index (χ0n) is 12.1. The minimum absolute atomic E-state index is 0.0577. The molecule has 3 aromatic rings. The van der Waals surface area contributed by atoms with Crippen LogP contribution in [0.3, 0.4) is 0 Å². The summed E-state index contributed by atoms with van der Waals surface area (Å²) >= 11 is 5.02. The monoisotopic (exact) mass is 362 g/mol. The number of nitrogens with zero attached hydrogens (tertiary/aromatic N) is 2. The molecule has 2 aromatic heterocycles. The molecule has 2 heterocycles. The highest BCUT2D eigenvalue weighted by Gasteiger charge is 2.14. The fourth-order valence-corrected chi connectivity index (χ4v) is 3.72. The number of aromatic nitrogens is 2. The van der Waals surface area contributed by atoms with E-state index in [9.17, 15) is 4.79 Å². The van der Waals surface area contributed by atoms with E-state index in [1.165, 1.54) is 0 Å². The molecule has 0 atom stereocenters. The van der Waals surface area contributed by atoms with Crippen molar-refractivity contribution in [2.75, 3.05) is 0 Å². The van der Waals surface area contributed by atoms with Gasteiger partial charge in [0, 0.05) is 9.35 Å². The maximum atomic E-state index is 12.8. The Morgan fingerprint density at radius 1 is 1.19 bits per heavy atom. The summed E-state index contributed by atoms with van der Waals surface area (Å²) in [7, 11) is 0. The van der Waals surface area contributed by atoms with Crippen molar-refractivity contribution in [1.82, 2.24) is 9.55 Å². The Labute approximate surface area is 135 Å². The summed E-state index contributed by atoms with van der Waals surface area (Å²) in [5, 5.41) is 0.764. The Bertz CT molecular complexity index is 878. The number of rotatable bonds is 2. The van der Waals surface area contributed by atoms with Crippen LogP contribution in [0.25, 0.3) is 10.2 Å². The van der Waals surface area contributed by atoms with Gasteiger partial charge in [-0.2, -0.15) is 0 Å². The van der Waals surface area contributed by atoms with E-state index in [-0.39, 0.29) is 5.56 Å². The lowest BCUT2D eigenvalue weighted by Crippen LogP contribution is -2.24. The van der Waals surface area contributed by atoms with Crippen molar-refractivity contribution in [3.8, 4) is 0 Å². The molecule has 0 radical (unpaired) electrons. The highest BCUT2D eigenvalue weighted by molar-refractivity contribution is 9.10. The van der Waals surface area contributed by atoms with Crippen molar-refractivity contribution in [2.24, 2.45) is 0 Å². The van der Waals surface area contributed by atoms with Crippen LogP contribution in [0.2, 0.25) is 0 Å². The topological polar surface area (TPSA) is 34.9 Å². The molecule has 0 aliphatic rings. The third kappa shape index (κ3) is 2.56. The molecule has 108 valence electrons. The van der Waals surface area contributed by atoms with Crippen molar-refractivity contribution in [2.45, 2.75) is 27.3 Å². The van der Waals surface area contributed by atoms with Crippen LogP contribution in [0.4, 0.5) is 0 Å². The number of benzene rings is 1. The fraction of sp³-hybridized carbons (Fsp3) is 0.250. The van der Waals surface area contributed by atoms with Crippen LogP contribution in [0.5, 0.6) is 0 Å². The van der Waals surface area contributed by atoms with Gasteiger partial charge in [-0.25, -0.2) is 4.98 Å². The number of thiophene rings is 1. The van der Waals surface area contributed by atoms with Gasteiger partial charge in [0.15, 0.2) is 0 Å². The van der Waals surface area contributed by atoms with E-state index in [4.69, 9.17) is 0 Å². The van der Waals surface area contributed by atoms with Crippen LogP contribution < -0.4 is 5.56 Å². The van der Waals surface area contributed by atoms with E-state index in [2.05, 4.69) is 20.9 Å². The van der Waals surface area contributed by atoms with Crippen LogP contribution in [-0.2, 0) is 6.54 Å². The normalized spacial score (nSPS) is 11.2. The van der Waals surface area contributed by atoms with E-state index >= 15 is 0 Å². The number of fused-ring (bicyclic) bond motifs is 1. The van der Waals surface area contributed by atoms with Crippen molar-refractivity contribution in [1.29, 1.82) is 0 Å². The third-order valence-electron chi connectivity index (χ3n) is 3.73. The van der Waals surface area contributed by atoms with Gasteiger partial charge in [-0.05, 0) is 44.0 Å². The number of aryl methyl sites for hydroxylation is 3. The molecule has 1 aromatic carbocycles. The van der Waals surface area contributed by atoms with Gasteiger partial charge in [0.2, 0.25) is 0 Å². The molecule has 0 N–H and O–H groups in total. The smallest absolute Gasteiger partial charge is 0.262 e. The minimum Gasteiger partial charge on any atom is -0.292 e. The van der Waals surface area contributed by atoms with Gasteiger partial charge in [0.25, 0.3) is 5.56 Å². The van der Waals surface area contributed by atoms with Crippen LogP contribution in [0, 0.1) is 20.8 Å². The highest BCUT2D eigenvalue weighted by atomic mass is 79.9. The van der Waals surface area contributed by atoms with Gasteiger partial charge in [-0.15, -0.1) is 11.3 Å². The minimum atomic E-state index is 0.0577. The Morgan fingerprint density at radius 2 is 1.86 bits per heavy atom. The van der Waals surface area contributed by atoms with Crippen molar-refractivity contribution < 1.29 is 0 Å². The average molecular weight is 363 g/mol. The molecular formula is C16H15BrN2OS. The summed E-state index contributed by atoms with van der Waals surface area (Å²) in [6.45, 7) is 6.48. The van der Waals surface area contributed by atoms with Crippen LogP contribution in [-0.4, -0.2) is 9.55 Å². The number of hydrogen-bond donors (Lipinski definition) is 0. The quantitative estimate of drug-likeness (QED) is 0.684. The predicted octanol–water partition coefficient (Wildman–Crippen LogP) is 4.19. The molecule has 0 saturated carbocycles. The van der Waals surface area contributed by atoms with Crippen LogP contribution >= 0.6 is 27.3 Å². The van der Waals surface area contributed by atoms with E-state index in [0.29, 0.717) is 6.54 Å².